The molecule has 1 aliphatic carbocycles. The van der Waals surface area contributed by atoms with E-state index in [0.717, 1.165) is 45.4 Å². The van der Waals surface area contributed by atoms with Crippen molar-refractivity contribution in [1.82, 2.24) is 10.2 Å². The number of imide groups is 1. The quantitative estimate of drug-likeness (QED) is 0.506. The fraction of sp³-hybridized carbons (Fsp3) is 0.292. The van der Waals surface area contributed by atoms with Gasteiger partial charge in [-0.1, -0.05) is 36.4 Å². The first kappa shape index (κ1) is 19.0. The molecule has 1 unspecified atom stereocenters. The van der Waals surface area contributed by atoms with Crippen molar-refractivity contribution in [3.05, 3.63) is 69.6 Å². The van der Waals surface area contributed by atoms with E-state index in [4.69, 9.17) is 0 Å². The average Bonchev–Trinajstić information content (AvgIpc) is 3.40. The largest absolute Gasteiger partial charge is 0.325 e. The Morgan fingerprint density at radius 1 is 1.13 bits per heavy atom. The second-order valence-corrected chi connectivity index (χ2v) is 9.31. The van der Waals surface area contributed by atoms with Crippen LogP contribution in [-0.4, -0.2) is 29.2 Å². The minimum atomic E-state index is -1.15. The number of rotatable bonds is 4. The number of ketones is 1. The van der Waals surface area contributed by atoms with Crippen molar-refractivity contribution >= 4 is 39.1 Å². The Labute approximate surface area is 178 Å². The number of thiophene rings is 1. The third-order valence-corrected chi connectivity index (χ3v) is 7.66. The van der Waals surface area contributed by atoms with Crippen molar-refractivity contribution in [2.75, 3.05) is 6.54 Å². The van der Waals surface area contributed by atoms with E-state index in [2.05, 4.69) is 11.4 Å². The summed E-state index contributed by atoms with van der Waals surface area (Å²) in [6.07, 6.45) is 3.17. The highest BCUT2D eigenvalue weighted by Crippen LogP contribution is 2.34. The van der Waals surface area contributed by atoms with Gasteiger partial charge in [-0.05, 0) is 66.8 Å². The monoisotopic (exact) mass is 418 g/mol. The molecule has 3 amide bonds. The highest BCUT2D eigenvalue weighted by Gasteiger charge is 2.49. The summed E-state index contributed by atoms with van der Waals surface area (Å²) in [5.41, 5.74) is 3.07. The Bertz CT molecular complexity index is 1230. The van der Waals surface area contributed by atoms with Crippen LogP contribution in [0, 0.1) is 6.92 Å². The molecule has 0 radical (unpaired) electrons. The molecule has 1 atom stereocenters. The number of benzene rings is 2. The van der Waals surface area contributed by atoms with Crippen molar-refractivity contribution in [2.24, 2.45) is 0 Å². The Morgan fingerprint density at radius 2 is 1.90 bits per heavy atom. The number of urea groups is 1. The standard InChI is InChI=1S/C24H22N2O3S/c1-14-18-8-3-4-9-20(18)30-21(14)19(27)13-26-22(28)24(2,25-23(26)29)17-11-10-15-6-5-7-16(15)12-17/h3-4,8-12H,5-7,13H2,1-2H3,(H,25,29). The molecule has 0 bridgehead atoms. The summed E-state index contributed by atoms with van der Waals surface area (Å²) in [5, 5.41) is 3.86. The number of nitrogens with one attached hydrogen (secondary N) is 1. The van der Waals surface area contributed by atoms with E-state index in [1.54, 1.807) is 6.92 Å². The van der Waals surface area contributed by atoms with Crippen LogP contribution in [0.4, 0.5) is 4.79 Å². The molecule has 6 heteroatoms. The van der Waals surface area contributed by atoms with Crippen LogP contribution in [0.15, 0.2) is 42.5 Å². The number of fused-ring (bicyclic) bond motifs is 2. The number of nitrogens with zero attached hydrogens (tertiary/aromatic N) is 1. The molecule has 1 fully saturated rings. The van der Waals surface area contributed by atoms with Crippen molar-refractivity contribution in [3.8, 4) is 0 Å². The predicted molar refractivity (Wildman–Crippen MR) is 117 cm³/mol. The van der Waals surface area contributed by atoms with E-state index in [-0.39, 0.29) is 18.2 Å². The topological polar surface area (TPSA) is 66.5 Å². The molecule has 1 N–H and O–H groups in total. The number of amides is 3. The summed E-state index contributed by atoms with van der Waals surface area (Å²) in [6, 6.07) is 13.3. The Hall–Kier alpha value is -2.99. The second-order valence-electron chi connectivity index (χ2n) is 8.26. The number of carbonyl (C=O) groups excluding carboxylic acids is 3. The number of Topliss-reactive ketones (excluding diaryl/α,β-unsaturated/α-hetero) is 1. The van der Waals surface area contributed by atoms with Gasteiger partial charge in [-0.3, -0.25) is 14.5 Å². The van der Waals surface area contributed by atoms with Gasteiger partial charge in [0.2, 0.25) is 0 Å². The molecule has 3 aromatic rings. The molecule has 1 aromatic heterocycles. The molecule has 5 rings (SSSR count). The van der Waals surface area contributed by atoms with Crippen LogP contribution in [0.3, 0.4) is 0 Å². The van der Waals surface area contributed by atoms with Crippen molar-refractivity contribution in [1.29, 1.82) is 0 Å². The third kappa shape index (κ3) is 2.78. The summed E-state index contributed by atoms with van der Waals surface area (Å²) in [7, 11) is 0. The molecule has 0 saturated carbocycles. The molecule has 1 aliphatic heterocycles. The highest BCUT2D eigenvalue weighted by atomic mass is 32.1. The van der Waals surface area contributed by atoms with Crippen LogP contribution in [-0.2, 0) is 23.2 Å². The number of aryl methyl sites for hydroxylation is 3. The summed E-state index contributed by atoms with van der Waals surface area (Å²) < 4.78 is 1.03. The Morgan fingerprint density at radius 3 is 2.70 bits per heavy atom. The minimum Gasteiger partial charge on any atom is -0.319 e. The fourth-order valence-electron chi connectivity index (χ4n) is 4.57. The molecule has 2 aromatic carbocycles. The first-order valence-electron chi connectivity index (χ1n) is 10.2. The molecule has 2 aliphatic rings. The van der Waals surface area contributed by atoms with Gasteiger partial charge in [-0.15, -0.1) is 11.3 Å². The maximum atomic E-state index is 13.3. The average molecular weight is 419 g/mol. The van der Waals surface area contributed by atoms with E-state index < -0.39 is 11.6 Å². The van der Waals surface area contributed by atoms with Crippen LogP contribution in [0.2, 0.25) is 0 Å². The van der Waals surface area contributed by atoms with Gasteiger partial charge in [0.25, 0.3) is 5.91 Å². The van der Waals surface area contributed by atoms with Gasteiger partial charge in [-0.25, -0.2) is 4.79 Å². The third-order valence-electron chi connectivity index (χ3n) is 6.35. The first-order chi connectivity index (χ1) is 14.4. The molecular weight excluding hydrogens is 396 g/mol. The summed E-state index contributed by atoms with van der Waals surface area (Å²) >= 11 is 1.41. The molecular formula is C24H22N2O3S. The van der Waals surface area contributed by atoms with E-state index in [1.165, 1.54) is 22.5 Å². The first-order valence-corrected chi connectivity index (χ1v) is 11.0. The lowest BCUT2D eigenvalue weighted by molar-refractivity contribution is -0.130. The number of hydrogen-bond acceptors (Lipinski definition) is 4. The van der Waals surface area contributed by atoms with E-state index in [9.17, 15) is 14.4 Å². The molecule has 5 nitrogen and oxygen atoms in total. The number of carbonyl (C=O) groups is 3. The van der Waals surface area contributed by atoms with Gasteiger partial charge < -0.3 is 5.32 Å². The van der Waals surface area contributed by atoms with Crippen molar-refractivity contribution in [2.45, 2.75) is 38.6 Å². The summed E-state index contributed by atoms with van der Waals surface area (Å²) in [4.78, 5) is 40.6. The van der Waals surface area contributed by atoms with Crippen LogP contribution in [0.25, 0.3) is 10.1 Å². The smallest absolute Gasteiger partial charge is 0.319 e. The molecule has 152 valence electrons. The molecule has 2 heterocycles. The van der Waals surface area contributed by atoms with E-state index in [1.807, 2.05) is 43.3 Å². The van der Waals surface area contributed by atoms with Crippen LogP contribution < -0.4 is 5.32 Å². The summed E-state index contributed by atoms with van der Waals surface area (Å²) in [6.45, 7) is 3.38. The zero-order valence-corrected chi connectivity index (χ0v) is 17.8. The lowest BCUT2D eigenvalue weighted by atomic mass is 9.89. The zero-order chi connectivity index (χ0) is 21.0. The maximum absolute atomic E-state index is 13.3. The fourth-order valence-corrected chi connectivity index (χ4v) is 5.71. The molecule has 1 saturated heterocycles. The summed E-state index contributed by atoms with van der Waals surface area (Å²) in [5.74, 6) is -0.590. The van der Waals surface area contributed by atoms with Gasteiger partial charge in [0.05, 0.1) is 11.4 Å². The Kier molecular flexibility index (Phi) is 4.29. The van der Waals surface area contributed by atoms with Crippen LogP contribution in [0.5, 0.6) is 0 Å². The second kappa shape index (κ2) is 6.77. The van der Waals surface area contributed by atoms with Crippen LogP contribution in [0.1, 0.15) is 45.3 Å². The predicted octanol–water partition coefficient (Wildman–Crippen LogP) is 4.35. The van der Waals surface area contributed by atoms with Gasteiger partial charge in [0.15, 0.2) is 5.78 Å². The van der Waals surface area contributed by atoms with E-state index >= 15 is 0 Å². The van der Waals surface area contributed by atoms with E-state index in [0.29, 0.717) is 4.88 Å². The zero-order valence-electron chi connectivity index (χ0n) is 17.0. The van der Waals surface area contributed by atoms with Crippen LogP contribution >= 0.6 is 11.3 Å². The number of hydrogen-bond donors (Lipinski definition) is 1. The SMILES string of the molecule is Cc1c(C(=O)CN2C(=O)NC(C)(c3ccc4c(c3)CCC4)C2=O)sc2ccccc12. The van der Waals surface area contributed by atoms with Crippen molar-refractivity contribution in [3.63, 3.8) is 0 Å². The lowest BCUT2D eigenvalue weighted by Gasteiger charge is -2.23. The Balaban J connectivity index is 1.43. The highest BCUT2D eigenvalue weighted by molar-refractivity contribution is 7.21. The van der Waals surface area contributed by atoms with Gasteiger partial charge in [-0.2, -0.15) is 0 Å². The van der Waals surface area contributed by atoms with Gasteiger partial charge in [0, 0.05) is 4.70 Å². The lowest BCUT2D eigenvalue weighted by Crippen LogP contribution is -2.41. The minimum absolute atomic E-state index is 0.213. The van der Waals surface area contributed by atoms with Gasteiger partial charge >= 0.3 is 6.03 Å². The van der Waals surface area contributed by atoms with Crippen molar-refractivity contribution < 1.29 is 14.4 Å². The molecule has 0 spiro atoms. The normalized spacial score (nSPS) is 20.7. The van der Waals surface area contributed by atoms with Gasteiger partial charge in [0.1, 0.15) is 5.54 Å². The maximum Gasteiger partial charge on any atom is 0.325 e. The molecule has 30 heavy (non-hydrogen) atoms.